The van der Waals surface area contributed by atoms with Gasteiger partial charge in [0.2, 0.25) is 5.88 Å². The van der Waals surface area contributed by atoms with Crippen molar-refractivity contribution in [3.8, 4) is 0 Å². The molecule has 1 aliphatic rings. The summed E-state index contributed by atoms with van der Waals surface area (Å²) < 4.78 is 5.08. The first-order valence-electron chi connectivity index (χ1n) is 2.83. The molecule has 0 amide bonds. The molecule has 0 fully saturated rings. The zero-order valence-corrected chi connectivity index (χ0v) is 5.26. The van der Waals surface area contributed by atoms with Crippen LogP contribution in [0, 0.1) is 0 Å². The summed E-state index contributed by atoms with van der Waals surface area (Å²) in [5.41, 5.74) is 1.06. The second-order valence-corrected chi connectivity index (χ2v) is 1.79. The Morgan fingerprint density at radius 1 is 1.67 bits per heavy atom. The standard InChI is InChI=1S/C7H9NO/c1-3-6-4-5-9-7(6)8-2/h3H,1-2,4-5H2. The van der Waals surface area contributed by atoms with E-state index in [-0.39, 0.29) is 0 Å². The number of aliphatic imine (C=N–C) groups is 1. The maximum atomic E-state index is 5.08. The van der Waals surface area contributed by atoms with Gasteiger partial charge in [-0.05, 0) is 6.72 Å². The molecule has 2 nitrogen and oxygen atoms in total. The van der Waals surface area contributed by atoms with E-state index >= 15 is 0 Å². The first-order valence-corrected chi connectivity index (χ1v) is 2.83. The summed E-state index contributed by atoms with van der Waals surface area (Å²) in [4.78, 5) is 3.68. The zero-order chi connectivity index (χ0) is 6.69. The zero-order valence-electron chi connectivity index (χ0n) is 5.26. The van der Waals surface area contributed by atoms with Gasteiger partial charge in [-0.25, -0.2) is 4.99 Å². The van der Waals surface area contributed by atoms with Crippen LogP contribution in [0.2, 0.25) is 0 Å². The fourth-order valence-corrected chi connectivity index (χ4v) is 0.794. The Labute approximate surface area is 54.6 Å². The van der Waals surface area contributed by atoms with Gasteiger partial charge in [0.05, 0.1) is 6.61 Å². The number of ether oxygens (including phenoxy) is 1. The lowest BCUT2D eigenvalue weighted by atomic mass is 10.2. The van der Waals surface area contributed by atoms with Crippen molar-refractivity contribution >= 4 is 6.72 Å². The summed E-state index contributed by atoms with van der Waals surface area (Å²) in [6.45, 7) is 7.69. The van der Waals surface area contributed by atoms with E-state index in [1.165, 1.54) is 0 Å². The van der Waals surface area contributed by atoms with E-state index in [9.17, 15) is 0 Å². The van der Waals surface area contributed by atoms with E-state index in [0.29, 0.717) is 5.88 Å². The molecule has 0 unspecified atom stereocenters. The second kappa shape index (κ2) is 2.49. The molecule has 1 aliphatic heterocycles. The molecule has 0 aromatic heterocycles. The van der Waals surface area contributed by atoms with E-state index in [2.05, 4.69) is 18.3 Å². The molecule has 0 saturated heterocycles. The molecule has 2 heteroatoms. The molecular formula is C7H9NO. The van der Waals surface area contributed by atoms with Gasteiger partial charge in [-0.1, -0.05) is 12.7 Å². The van der Waals surface area contributed by atoms with Gasteiger partial charge in [-0.15, -0.1) is 0 Å². The van der Waals surface area contributed by atoms with Crippen molar-refractivity contribution in [2.24, 2.45) is 4.99 Å². The van der Waals surface area contributed by atoms with E-state index in [4.69, 9.17) is 4.74 Å². The third-order valence-electron chi connectivity index (χ3n) is 1.27. The van der Waals surface area contributed by atoms with E-state index in [1.54, 1.807) is 6.08 Å². The van der Waals surface area contributed by atoms with Crippen LogP contribution in [0.15, 0.2) is 29.1 Å². The molecule has 0 aromatic rings. The number of nitrogens with zero attached hydrogens (tertiary/aromatic N) is 1. The minimum absolute atomic E-state index is 0.644. The molecule has 0 spiro atoms. The van der Waals surface area contributed by atoms with Gasteiger partial charge < -0.3 is 4.74 Å². The minimum Gasteiger partial charge on any atom is -0.477 e. The maximum absolute atomic E-state index is 5.08. The average molecular weight is 123 g/mol. The smallest absolute Gasteiger partial charge is 0.216 e. The highest BCUT2D eigenvalue weighted by molar-refractivity contribution is 5.32. The van der Waals surface area contributed by atoms with Crippen molar-refractivity contribution in [1.29, 1.82) is 0 Å². The fraction of sp³-hybridized carbons (Fsp3) is 0.286. The lowest BCUT2D eigenvalue weighted by molar-refractivity contribution is 0.243. The minimum atomic E-state index is 0.644. The number of hydrogen-bond acceptors (Lipinski definition) is 2. The van der Waals surface area contributed by atoms with Gasteiger partial charge in [0.1, 0.15) is 0 Å². The van der Waals surface area contributed by atoms with Crippen LogP contribution in [0.1, 0.15) is 6.42 Å². The Morgan fingerprint density at radius 3 is 2.89 bits per heavy atom. The molecular weight excluding hydrogens is 114 g/mol. The van der Waals surface area contributed by atoms with Crippen LogP contribution in [0.5, 0.6) is 0 Å². The van der Waals surface area contributed by atoms with Crippen LogP contribution < -0.4 is 0 Å². The molecule has 0 aromatic carbocycles. The average Bonchev–Trinajstić information content (AvgIpc) is 2.33. The van der Waals surface area contributed by atoms with Gasteiger partial charge in [0.15, 0.2) is 0 Å². The summed E-state index contributed by atoms with van der Waals surface area (Å²) in [5, 5.41) is 0. The van der Waals surface area contributed by atoms with Gasteiger partial charge in [0.25, 0.3) is 0 Å². The number of allylic oxidation sites excluding steroid dienone is 1. The van der Waals surface area contributed by atoms with Crippen LogP contribution in [-0.4, -0.2) is 13.3 Å². The Hall–Kier alpha value is -1.05. The Morgan fingerprint density at radius 2 is 2.44 bits per heavy atom. The molecule has 48 valence electrons. The Bertz CT molecular complexity index is 152. The van der Waals surface area contributed by atoms with Crippen LogP contribution >= 0.6 is 0 Å². The van der Waals surface area contributed by atoms with Crippen molar-refractivity contribution in [1.82, 2.24) is 0 Å². The third kappa shape index (κ3) is 1.02. The van der Waals surface area contributed by atoms with Crippen molar-refractivity contribution in [2.75, 3.05) is 6.61 Å². The molecule has 1 heterocycles. The van der Waals surface area contributed by atoms with Crippen LogP contribution in [-0.2, 0) is 4.74 Å². The maximum Gasteiger partial charge on any atom is 0.216 e. The molecule has 0 aliphatic carbocycles. The highest BCUT2D eigenvalue weighted by atomic mass is 16.5. The van der Waals surface area contributed by atoms with Crippen molar-refractivity contribution in [3.05, 3.63) is 24.1 Å². The Balaban J connectivity index is 2.81. The van der Waals surface area contributed by atoms with Crippen LogP contribution in [0.3, 0.4) is 0 Å². The van der Waals surface area contributed by atoms with Gasteiger partial charge in [-0.2, -0.15) is 0 Å². The highest BCUT2D eigenvalue weighted by Gasteiger charge is 2.10. The molecule has 0 saturated carbocycles. The fourth-order valence-electron chi connectivity index (χ4n) is 0.794. The second-order valence-electron chi connectivity index (χ2n) is 1.79. The summed E-state index contributed by atoms with van der Waals surface area (Å²) in [6.07, 6.45) is 2.68. The van der Waals surface area contributed by atoms with E-state index < -0.39 is 0 Å². The molecule has 1 rings (SSSR count). The lowest BCUT2D eigenvalue weighted by Gasteiger charge is -1.92. The molecule has 9 heavy (non-hydrogen) atoms. The summed E-state index contributed by atoms with van der Waals surface area (Å²) in [5.74, 6) is 0.644. The lowest BCUT2D eigenvalue weighted by Crippen LogP contribution is -1.78. The van der Waals surface area contributed by atoms with E-state index in [0.717, 1.165) is 18.6 Å². The van der Waals surface area contributed by atoms with Crippen LogP contribution in [0.4, 0.5) is 0 Å². The molecule has 0 atom stereocenters. The van der Waals surface area contributed by atoms with Gasteiger partial charge in [-0.3, -0.25) is 0 Å². The third-order valence-corrected chi connectivity index (χ3v) is 1.27. The number of rotatable bonds is 2. The van der Waals surface area contributed by atoms with Crippen molar-refractivity contribution < 1.29 is 4.74 Å². The predicted molar refractivity (Wildman–Crippen MR) is 37.3 cm³/mol. The largest absolute Gasteiger partial charge is 0.477 e. The highest BCUT2D eigenvalue weighted by Crippen LogP contribution is 2.19. The normalized spacial score (nSPS) is 17.3. The SMILES string of the molecule is C=CC1=C(N=C)OCC1. The molecule has 0 N–H and O–H groups in total. The molecule has 0 bridgehead atoms. The van der Waals surface area contributed by atoms with Gasteiger partial charge >= 0.3 is 0 Å². The van der Waals surface area contributed by atoms with Gasteiger partial charge in [0, 0.05) is 12.0 Å². The molecule has 0 radical (unpaired) electrons. The monoisotopic (exact) mass is 123 g/mol. The van der Waals surface area contributed by atoms with E-state index in [1.807, 2.05) is 0 Å². The first kappa shape index (κ1) is 6.08. The van der Waals surface area contributed by atoms with Crippen molar-refractivity contribution in [2.45, 2.75) is 6.42 Å². The summed E-state index contributed by atoms with van der Waals surface area (Å²) >= 11 is 0. The van der Waals surface area contributed by atoms with Crippen LogP contribution in [0.25, 0.3) is 0 Å². The number of hydrogen-bond donors (Lipinski definition) is 0. The first-order chi connectivity index (χ1) is 4.38. The summed E-state index contributed by atoms with van der Waals surface area (Å²) in [7, 11) is 0. The Kier molecular flexibility index (Phi) is 1.68. The summed E-state index contributed by atoms with van der Waals surface area (Å²) in [6, 6.07) is 0. The quantitative estimate of drug-likeness (QED) is 0.510. The predicted octanol–water partition coefficient (Wildman–Crippen LogP) is 1.50. The topological polar surface area (TPSA) is 21.6 Å². The van der Waals surface area contributed by atoms with Crippen molar-refractivity contribution in [3.63, 3.8) is 0 Å².